The molecule has 0 spiro atoms. The van der Waals surface area contributed by atoms with Crippen LogP contribution < -0.4 is 9.21 Å². The molecule has 0 bridgehead atoms. The fourth-order valence-electron chi connectivity index (χ4n) is 4.00. The van der Waals surface area contributed by atoms with Crippen LogP contribution in [-0.4, -0.2) is 45.0 Å². The first-order valence-corrected chi connectivity index (χ1v) is 13.7. The lowest BCUT2D eigenvalue weighted by Gasteiger charge is -2.41. The molecule has 2 heterocycles. The fraction of sp³-hybridized carbons (Fsp3) is 0.231. The number of hydrogen-bond donors (Lipinski definition) is 0. The highest BCUT2D eigenvalue weighted by molar-refractivity contribution is 7.93. The second kappa shape index (κ2) is 11.0. The van der Waals surface area contributed by atoms with Crippen LogP contribution >= 0.6 is 23.2 Å². The fourth-order valence-corrected chi connectivity index (χ4v) is 5.86. The normalized spacial score (nSPS) is 13.4. The predicted molar refractivity (Wildman–Crippen MR) is 143 cm³/mol. The molecule has 2 aromatic carbocycles. The van der Waals surface area contributed by atoms with Crippen molar-refractivity contribution in [2.75, 3.05) is 28.9 Å². The minimum atomic E-state index is -4.33. The number of aryl methyl sites for hydroxylation is 1. The Morgan fingerprint density at radius 3 is 2.42 bits per heavy atom. The lowest BCUT2D eigenvalue weighted by molar-refractivity contribution is -0.121. The summed E-state index contributed by atoms with van der Waals surface area (Å²) >= 11 is 12.0. The molecule has 0 radical (unpaired) electrons. The van der Waals surface area contributed by atoms with Crippen LogP contribution in [0.25, 0.3) is 0 Å². The molecule has 12 heteroatoms. The van der Waals surface area contributed by atoms with Gasteiger partial charge >= 0.3 is 5.97 Å². The van der Waals surface area contributed by atoms with Crippen molar-refractivity contribution in [3.8, 4) is 6.07 Å². The summed E-state index contributed by atoms with van der Waals surface area (Å²) in [4.78, 5) is 31.7. The first kappa shape index (κ1) is 27.4. The van der Waals surface area contributed by atoms with E-state index in [1.807, 2.05) is 6.07 Å². The predicted octanol–water partition coefficient (Wildman–Crippen LogP) is 4.60. The standard InChI is InChI=1S/C26H22Cl2N4O5S/c1-3-37-26(34)21-11-17(13-29)24(30-16(21)2)31-14-18(15-31)25(33)32(19-7-5-4-6-8-19)38(35,36)20-9-10-22(27)23(28)12-20/h4-12,18H,3,14-15H2,1-2H3. The SMILES string of the molecule is CCOC(=O)c1cc(C#N)c(N2CC(C(=O)N(c3ccccc3)S(=O)(=O)c3ccc(Cl)c(Cl)c3)C2)nc1C. The molecule has 0 unspecified atom stereocenters. The summed E-state index contributed by atoms with van der Waals surface area (Å²) in [5.74, 6) is -1.62. The Labute approximate surface area is 230 Å². The van der Waals surface area contributed by atoms with Crippen LogP contribution in [0, 0.1) is 24.2 Å². The Morgan fingerprint density at radius 1 is 1.13 bits per heavy atom. The number of rotatable bonds is 7. The van der Waals surface area contributed by atoms with E-state index in [1.54, 1.807) is 36.9 Å². The first-order chi connectivity index (χ1) is 18.1. The number of nitrogens with zero attached hydrogens (tertiary/aromatic N) is 4. The quantitative estimate of drug-likeness (QED) is 0.376. The Hall–Kier alpha value is -3.65. The molecule has 1 fully saturated rings. The number of aromatic nitrogens is 1. The molecule has 196 valence electrons. The van der Waals surface area contributed by atoms with Gasteiger partial charge in [-0.1, -0.05) is 41.4 Å². The molecule has 1 saturated heterocycles. The maximum Gasteiger partial charge on any atom is 0.340 e. The van der Waals surface area contributed by atoms with Gasteiger partial charge in [-0.2, -0.15) is 5.26 Å². The maximum atomic E-state index is 13.6. The van der Waals surface area contributed by atoms with Crippen LogP contribution in [-0.2, 0) is 19.6 Å². The number of anilines is 2. The number of ether oxygens (including phenoxy) is 1. The van der Waals surface area contributed by atoms with Crippen molar-refractivity contribution < 1.29 is 22.7 Å². The number of benzene rings is 2. The van der Waals surface area contributed by atoms with Crippen molar-refractivity contribution in [2.45, 2.75) is 18.7 Å². The monoisotopic (exact) mass is 572 g/mol. The number of carbonyl (C=O) groups excluding carboxylic acids is 2. The van der Waals surface area contributed by atoms with Crippen LogP contribution in [0.1, 0.15) is 28.5 Å². The first-order valence-electron chi connectivity index (χ1n) is 11.5. The van der Waals surface area contributed by atoms with Crippen molar-refractivity contribution in [3.05, 3.63) is 81.5 Å². The number of hydrogen-bond acceptors (Lipinski definition) is 8. The second-order valence-electron chi connectivity index (χ2n) is 8.45. The Balaban J connectivity index is 1.63. The van der Waals surface area contributed by atoms with Gasteiger partial charge in [0.05, 0.1) is 50.0 Å². The number of nitriles is 1. The lowest BCUT2D eigenvalue weighted by atomic mass is 9.97. The van der Waals surface area contributed by atoms with E-state index in [4.69, 9.17) is 27.9 Å². The number of sulfonamides is 1. The summed E-state index contributed by atoms with van der Waals surface area (Å²) < 4.78 is 33.0. The van der Waals surface area contributed by atoms with E-state index < -0.39 is 27.8 Å². The topological polar surface area (TPSA) is 121 Å². The second-order valence-corrected chi connectivity index (χ2v) is 11.0. The van der Waals surface area contributed by atoms with Crippen LogP contribution in [0.5, 0.6) is 0 Å². The summed E-state index contributed by atoms with van der Waals surface area (Å²) in [7, 11) is -4.33. The number of amides is 1. The lowest BCUT2D eigenvalue weighted by Crippen LogP contribution is -2.56. The zero-order valence-electron chi connectivity index (χ0n) is 20.4. The summed E-state index contributed by atoms with van der Waals surface area (Å²) in [5.41, 5.74) is 0.879. The minimum absolute atomic E-state index is 0.0414. The van der Waals surface area contributed by atoms with E-state index in [-0.39, 0.29) is 51.5 Å². The number of esters is 1. The Kier molecular flexibility index (Phi) is 7.92. The molecule has 3 aromatic rings. The van der Waals surface area contributed by atoms with Crippen molar-refractivity contribution >= 4 is 56.6 Å². The maximum absolute atomic E-state index is 13.6. The number of halogens is 2. The van der Waals surface area contributed by atoms with Gasteiger partial charge in [0.1, 0.15) is 11.9 Å². The van der Waals surface area contributed by atoms with E-state index in [1.165, 1.54) is 36.4 Å². The van der Waals surface area contributed by atoms with E-state index in [9.17, 15) is 23.3 Å². The summed E-state index contributed by atoms with van der Waals surface area (Å²) in [5, 5.41) is 9.88. The van der Waals surface area contributed by atoms with Crippen molar-refractivity contribution in [2.24, 2.45) is 5.92 Å². The zero-order valence-corrected chi connectivity index (χ0v) is 22.7. The molecular formula is C26H22Cl2N4O5S. The molecule has 0 aliphatic carbocycles. The average Bonchev–Trinajstić information content (AvgIpc) is 2.85. The third-order valence-electron chi connectivity index (χ3n) is 5.96. The van der Waals surface area contributed by atoms with Gasteiger partial charge in [-0.3, -0.25) is 4.79 Å². The molecule has 0 atom stereocenters. The largest absolute Gasteiger partial charge is 0.462 e. The molecule has 1 amide bonds. The third kappa shape index (κ3) is 5.18. The van der Waals surface area contributed by atoms with Gasteiger partial charge in [0.15, 0.2) is 0 Å². The van der Waals surface area contributed by atoms with Gasteiger partial charge in [0.25, 0.3) is 10.0 Å². The third-order valence-corrected chi connectivity index (χ3v) is 8.42. The summed E-state index contributed by atoms with van der Waals surface area (Å²) in [6.45, 7) is 3.73. The number of carbonyl (C=O) groups is 2. The number of para-hydroxylation sites is 1. The van der Waals surface area contributed by atoms with Crippen molar-refractivity contribution in [1.82, 2.24) is 4.98 Å². The molecule has 0 saturated carbocycles. The summed E-state index contributed by atoms with van der Waals surface area (Å²) in [6, 6.07) is 15.3. The minimum Gasteiger partial charge on any atom is -0.462 e. The van der Waals surface area contributed by atoms with Crippen LogP contribution in [0.2, 0.25) is 10.0 Å². The van der Waals surface area contributed by atoms with Gasteiger partial charge < -0.3 is 9.64 Å². The molecular weight excluding hydrogens is 551 g/mol. The van der Waals surface area contributed by atoms with Gasteiger partial charge in [0.2, 0.25) is 5.91 Å². The highest BCUT2D eigenvalue weighted by atomic mass is 35.5. The van der Waals surface area contributed by atoms with Crippen molar-refractivity contribution in [3.63, 3.8) is 0 Å². The summed E-state index contributed by atoms with van der Waals surface area (Å²) in [6.07, 6.45) is 0. The van der Waals surface area contributed by atoms with Crippen molar-refractivity contribution in [1.29, 1.82) is 5.26 Å². The average molecular weight is 573 g/mol. The van der Waals surface area contributed by atoms with Gasteiger partial charge in [-0.05, 0) is 50.2 Å². The Bertz CT molecular complexity index is 1550. The van der Waals surface area contributed by atoms with E-state index >= 15 is 0 Å². The molecule has 0 N–H and O–H groups in total. The molecule has 38 heavy (non-hydrogen) atoms. The van der Waals surface area contributed by atoms with E-state index in [2.05, 4.69) is 4.98 Å². The molecule has 1 aromatic heterocycles. The van der Waals surface area contributed by atoms with Gasteiger partial charge in [-0.15, -0.1) is 0 Å². The molecule has 9 nitrogen and oxygen atoms in total. The number of pyridine rings is 1. The zero-order chi connectivity index (χ0) is 27.6. The van der Waals surface area contributed by atoms with Gasteiger partial charge in [0, 0.05) is 13.1 Å². The highest BCUT2D eigenvalue weighted by Gasteiger charge is 2.42. The highest BCUT2D eigenvalue weighted by Crippen LogP contribution is 2.34. The molecule has 1 aliphatic heterocycles. The van der Waals surface area contributed by atoms with Crippen LogP contribution in [0.15, 0.2) is 59.5 Å². The van der Waals surface area contributed by atoms with Gasteiger partial charge in [-0.25, -0.2) is 22.5 Å². The van der Waals surface area contributed by atoms with Crippen LogP contribution in [0.3, 0.4) is 0 Å². The van der Waals surface area contributed by atoms with Crippen LogP contribution in [0.4, 0.5) is 11.5 Å². The van der Waals surface area contributed by atoms with E-state index in [0.29, 0.717) is 11.5 Å². The molecule has 4 rings (SSSR count). The smallest absolute Gasteiger partial charge is 0.340 e. The van der Waals surface area contributed by atoms with E-state index in [0.717, 1.165) is 4.31 Å². The molecule has 1 aliphatic rings. The Morgan fingerprint density at radius 2 is 1.82 bits per heavy atom.